The van der Waals surface area contributed by atoms with E-state index in [0.29, 0.717) is 6.54 Å². The second-order valence-corrected chi connectivity index (χ2v) is 6.43. The molecule has 23 heavy (non-hydrogen) atoms. The first-order chi connectivity index (χ1) is 10.1. The molecule has 0 radical (unpaired) electrons. The van der Waals surface area contributed by atoms with Crippen molar-refractivity contribution in [2.45, 2.75) is 44.2 Å². The van der Waals surface area contributed by atoms with E-state index in [1.807, 2.05) is 0 Å². The van der Waals surface area contributed by atoms with Crippen molar-refractivity contribution in [1.29, 1.82) is 0 Å². The first-order valence-electron chi connectivity index (χ1n) is 6.56. The van der Waals surface area contributed by atoms with Gasteiger partial charge in [0.1, 0.15) is 0 Å². The lowest BCUT2D eigenvalue weighted by atomic mass is 9.89. The maximum absolute atomic E-state index is 12.6. The third-order valence-corrected chi connectivity index (χ3v) is 3.34. The van der Waals surface area contributed by atoms with Gasteiger partial charge in [0.25, 0.3) is 0 Å². The fourth-order valence-electron chi connectivity index (χ4n) is 2.95. The second kappa shape index (κ2) is 8.15. The van der Waals surface area contributed by atoms with Gasteiger partial charge in [0.15, 0.2) is 0 Å². The van der Waals surface area contributed by atoms with Gasteiger partial charge in [-0.25, -0.2) is 0 Å². The van der Waals surface area contributed by atoms with Gasteiger partial charge in [-0.15, -0.1) is 0 Å². The van der Waals surface area contributed by atoms with Crippen molar-refractivity contribution >= 4 is 8.25 Å². The third-order valence-electron chi connectivity index (χ3n) is 3.34. The van der Waals surface area contributed by atoms with Crippen molar-refractivity contribution in [2.24, 2.45) is 0 Å². The molecule has 0 aromatic heterocycles. The van der Waals surface area contributed by atoms with E-state index in [1.54, 1.807) is 11.9 Å². The zero-order valence-corrected chi connectivity index (χ0v) is 13.9. The molecule has 5 nitrogen and oxygen atoms in total. The van der Waals surface area contributed by atoms with E-state index in [9.17, 15) is 26.3 Å². The topological polar surface area (TPSA) is 64.0 Å². The summed E-state index contributed by atoms with van der Waals surface area (Å²) in [6.45, 7) is 1.75. The van der Waals surface area contributed by atoms with Crippen LogP contribution in [0.5, 0.6) is 0 Å². The fourth-order valence-corrected chi connectivity index (χ4v) is 2.95. The minimum atomic E-state index is -4.50. The minimum Gasteiger partial charge on any atom is -0.326 e. The molecular weight excluding hydrogens is 353 g/mol. The Morgan fingerprint density at radius 1 is 1.17 bits per heavy atom. The van der Waals surface area contributed by atoms with Crippen LogP contribution in [0.4, 0.5) is 26.3 Å². The zero-order chi connectivity index (χ0) is 18.6. The van der Waals surface area contributed by atoms with Crippen LogP contribution >= 0.6 is 8.25 Å². The molecule has 0 aliphatic carbocycles. The molecule has 1 aliphatic rings. The summed E-state index contributed by atoms with van der Waals surface area (Å²) in [6.07, 6.45) is -10.2. The highest BCUT2D eigenvalue weighted by Gasteiger charge is 2.50. The van der Waals surface area contributed by atoms with Gasteiger partial charge in [-0.05, 0) is 20.9 Å². The molecule has 1 aliphatic heterocycles. The zero-order valence-electron chi connectivity index (χ0n) is 12.9. The van der Waals surface area contributed by atoms with E-state index in [1.165, 1.54) is 13.8 Å². The van der Waals surface area contributed by atoms with Crippen LogP contribution in [0.2, 0.25) is 0 Å². The third kappa shape index (κ3) is 9.51. The van der Waals surface area contributed by atoms with Crippen LogP contribution in [0.25, 0.3) is 0 Å². The summed E-state index contributed by atoms with van der Waals surface area (Å²) in [6, 6.07) is -0.576. The van der Waals surface area contributed by atoms with Crippen molar-refractivity contribution in [3.8, 4) is 0 Å². The number of likely N-dealkylation sites (N-methyl/N-ethyl adjacent to an activating group) is 1. The van der Waals surface area contributed by atoms with Gasteiger partial charge in [-0.3, -0.25) is 9.46 Å². The molecule has 2 N–H and O–H groups in total. The highest BCUT2D eigenvalue weighted by molar-refractivity contribution is 7.30. The van der Waals surface area contributed by atoms with E-state index in [2.05, 4.69) is 0 Å². The minimum absolute atomic E-state index is 0.0348. The smallest absolute Gasteiger partial charge is 0.326 e. The Kier molecular flexibility index (Phi) is 8.03. The number of hydrogen-bond acceptors (Lipinski definition) is 3. The molecule has 0 aromatic rings. The molecule has 0 spiro atoms. The largest absolute Gasteiger partial charge is 0.401 e. The lowest BCUT2D eigenvalue weighted by Crippen LogP contribution is -2.66. The first-order valence-corrected chi connectivity index (χ1v) is 7.87. The van der Waals surface area contributed by atoms with Crippen LogP contribution in [0.15, 0.2) is 0 Å². The molecule has 140 valence electrons. The monoisotopic (exact) mass is 374 g/mol. The Bertz CT molecular complexity index is 402. The summed E-state index contributed by atoms with van der Waals surface area (Å²) in [7, 11) is -1.51. The van der Waals surface area contributed by atoms with Crippen LogP contribution in [0.1, 0.15) is 20.3 Å². The Morgan fingerprint density at radius 2 is 1.61 bits per heavy atom. The quantitative estimate of drug-likeness (QED) is 0.574. The lowest BCUT2D eigenvalue weighted by Gasteiger charge is -2.52. The van der Waals surface area contributed by atoms with Crippen LogP contribution in [-0.4, -0.2) is 70.2 Å². The Morgan fingerprint density at radius 3 is 1.96 bits per heavy atom. The molecule has 0 saturated carbocycles. The van der Waals surface area contributed by atoms with Crippen molar-refractivity contribution in [1.82, 2.24) is 9.80 Å². The van der Waals surface area contributed by atoms with Crippen LogP contribution < -0.4 is 0 Å². The number of halogens is 6. The highest BCUT2D eigenvalue weighted by atomic mass is 31.1. The molecule has 1 saturated heterocycles. The summed E-state index contributed by atoms with van der Waals surface area (Å²) >= 11 is 0. The maximum Gasteiger partial charge on any atom is 0.401 e. The van der Waals surface area contributed by atoms with Gasteiger partial charge in [-0.2, -0.15) is 26.3 Å². The summed E-state index contributed by atoms with van der Waals surface area (Å²) < 4.78 is 84.2. The van der Waals surface area contributed by atoms with Crippen LogP contribution in [0, 0.1) is 0 Å². The SMILES string of the molecule is CC1CN(C)CC(C)(CC(F)(F)F)N1CC(F)(F)F.O=[PH](O)O. The van der Waals surface area contributed by atoms with E-state index in [4.69, 9.17) is 14.4 Å². The van der Waals surface area contributed by atoms with Crippen molar-refractivity contribution < 1.29 is 40.7 Å². The number of alkyl halides is 6. The first kappa shape index (κ1) is 22.6. The van der Waals surface area contributed by atoms with E-state index in [0.717, 1.165) is 4.90 Å². The summed E-state index contributed by atoms with van der Waals surface area (Å²) in [5.41, 5.74) is -1.56. The van der Waals surface area contributed by atoms with Gasteiger partial charge in [0.2, 0.25) is 0 Å². The summed E-state index contributed by atoms with van der Waals surface area (Å²) in [4.78, 5) is 16.9. The Balaban J connectivity index is 0.00000108. The van der Waals surface area contributed by atoms with Crippen molar-refractivity contribution in [3.05, 3.63) is 0 Å². The Hall–Kier alpha value is -0.350. The standard InChI is InChI=1S/C11H18F6N2.H3O3P/c1-8-4-18(3)6-9(2,5-10(12,13)14)19(8)7-11(15,16)17;1-4(2)3/h8H,4-7H2,1-3H3;4H,(H2,1,2,3). The second-order valence-electron chi connectivity index (χ2n) is 5.86. The average Bonchev–Trinajstić information content (AvgIpc) is 2.18. The molecule has 1 fully saturated rings. The molecule has 1 heterocycles. The number of rotatable bonds is 2. The molecule has 2 atom stereocenters. The predicted octanol–water partition coefficient (Wildman–Crippen LogP) is 2.26. The lowest BCUT2D eigenvalue weighted by molar-refractivity contribution is -0.205. The fraction of sp³-hybridized carbons (Fsp3) is 1.00. The molecule has 0 aromatic carbocycles. The van der Waals surface area contributed by atoms with Gasteiger partial charge < -0.3 is 14.7 Å². The summed E-state index contributed by atoms with van der Waals surface area (Å²) in [5, 5.41) is 0. The normalized spacial score (nSPS) is 27.7. The average molecular weight is 374 g/mol. The molecule has 2 unspecified atom stereocenters. The van der Waals surface area contributed by atoms with E-state index < -0.39 is 45.2 Å². The van der Waals surface area contributed by atoms with Crippen LogP contribution in [0.3, 0.4) is 0 Å². The molecule has 0 bridgehead atoms. The molecule has 0 amide bonds. The number of piperazine rings is 1. The summed E-state index contributed by atoms with van der Waals surface area (Å²) in [5.74, 6) is 0. The Labute approximate surface area is 130 Å². The molecule has 12 heteroatoms. The molecular formula is C11H21F6N2O3P. The van der Waals surface area contributed by atoms with Crippen molar-refractivity contribution in [2.75, 3.05) is 26.7 Å². The van der Waals surface area contributed by atoms with Gasteiger partial charge >= 0.3 is 20.6 Å². The van der Waals surface area contributed by atoms with Crippen molar-refractivity contribution in [3.63, 3.8) is 0 Å². The van der Waals surface area contributed by atoms with E-state index in [-0.39, 0.29) is 6.54 Å². The van der Waals surface area contributed by atoms with E-state index >= 15 is 0 Å². The molecule has 1 rings (SSSR count). The maximum atomic E-state index is 12.6. The van der Waals surface area contributed by atoms with Gasteiger partial charge in [-0.1, -0.05) is 0 Å². The van der Waals surface area contributed by atoms with Gasteiger partial charge in [0, 0.05) is 24.7 Å². The predicted molar refractivity (Wildman–Crippen MR) is 72.2 cm³/mol. The van der Waals surface area contributed by atoms with Crippen LogP contribution in [-0.2, 0) is 4.57 Å². The number of nitrogens with zero attached hydrogens (tertiary/aromatic N) is 2. The van der Waals surface area contributed by atoms with Gasteiger partial charge in [0.05, 0.1) is 13.0 Å². The number of hydrogen-bond donors (Lipinski definition) is 2. The highest BCUT2D eigenvalue weighted by Crippen LogP contribution is 2.37.